The normalized spacial score (nSPS) is 15.3. The number of sulfone groups is 1. The summed E-state index contributed by atoms with van der Waals surface area (Å²) in [5.41, 5.74) is 0. The molecule has 0 saturated heterocycles. The highest BCUT2D eigenvalue weighted by atomic mass is 32.2. The molecule has 0 saturated carbocycles. The van der Waals surface area contributed by atoms with Crippen molar-refractivity contribution in [3.63, 3.8) is 0 Å². The maximum Gasteiger partial charge on any atom is 0.178 e. The monoisotopic (exact) mass is 178 g/mol. The van der Waals surface area contributed by atoms with Crippen LogP contribution in [0.3, 0.4) is 0 Å². The van der Waals surface area contributed by atoms with Crippen molar-refractivity contribution in [2.45, 2.75) is 13.8 Å². The highest BCUT2D eigenvalue weighted by Crippen LogP contribution is 2.16. The number of rotatable bonds is 2. The Morgan fingerprint density at radius 1 is 1.27 bits per heavy atom. The molecule has 0 spiro atoms. The molecule has 0 aromatic carbocycles. The fourth-order valence-corrected chi connectivity index (χ4v) is 1.57. The van der Waals surface area contributed by atoms with Crippen LogP contribution in [0.1, 0.15) is 13.8 Å². The summed E-state index contributed by atoms with van der Waals surface area (Å²) in [4.78, 5) is -0.250. The second-order valence-corrected chi connectivity index (χ2v) is 4.05. The molecule has 0 rings (SSSR count). The molecule has 64 valence electrons. The average Bonchev–Trinajstić information content (AvgIpc) is 1.86. The average molecular weight is 178 g/mol. The van der Waals surface area contributed by atoms with Crippen LogP contribution in [0.2, 0.25) is 0 Å². The van der Waals surface area contributed by atoms with Crippen molar-refractivity contribution in [3.05, 3.63) is 22.9 Å². The van der Waals surface area contributed by atoms with Gasteiger partial charge in [0.2, 0.25) is 0 Å². The van der Waals surface area contributed by atoms with Gasteiger partial charge in [0, 0.05) is 6.26 Å². The second kappa shape index (κ2) is 3.67. The highest BCUT2D eigenvalue weighted by Gasteiger charge is 2.13. The van der Waals surface area contributed by atoms with Gasteiger partial charge in [-0.15, -0.1) is 0 Å². The number of hydrogen-bond donors (Lipinski definition) is 0. The molecule has 0 N–H and O–H groups in total. The van der Waals surface area contributed by atoms with Gasteiger partial charge in [0.1, 0.15) is 5.83 Å². The number of hydrogen-bond acceptors (Lipinski definition) is 2. The zero-order chi connectivity index (χ0) is 9.07. The van der Waals surface area contributed by atoms with Gasteiger partial charge in [0.25, 0.3) is 0 Å². The van der Waals surface area contributed by atoms with Gasteiger partial charge in [-0.2, -0.15) is 0 Å². The predicted molar refractivity (Wildman–Crippen MR) is 43.5 cm³/mol. The summed E-state index contributed by atoms with van der Waals surface area (Å²) >= 11 is 0. The van der Waals surface area contributed by atoms with E-state index in [1.807, 2.05) is 0 Å². The minimum absolute atomic E-state index is 0.250. The van der Waals surface area contributed by atoms with Crippen LogP contribution in [0, 0.1) is 0 Å². The van der Waals surface area contributed by atoms with E-state index in [0.29, 0.717) is 0 Å². The molecule has 0 bridgehead atoms. The maximum atomic E-state index is 12.7. The molecule has 11 heavy (non-hydrogen) atoms. The summed E-state index contributed by atoms with van der Waals surface area (Å²) in [6.45, 7) is 2.93. The molecule has 0 aliphatic carbocycles. The Hall–Kier alpha value is -0.640. The Morgan fingerprint density at radius 2 is 1.73 bits per heavy atom. The minimum Gasteiger partial charge on any atom is -0.224 e. The lowest BCUT2D eigenvalue weighted by Gasteiger charge is -1.99. The Morgan fingerprint density at radius 3 is 1.82 bits per heavy atom. The molecule has 0 unspecified atom stereocenters. The van der Waals surface area contributed by atoms with Crippen molar-refractivity contribution in [2.24, 2.45) is 0 Å². The van der Waals surface area contributed by atoms with E-state index in [2.05, 4.69) is 0 Å². The van der Waals surface area contributed by atoms with Gasteiger partial charge in [-0.1, -0.05) is 12.2 Å². The quantitative estimate of drug-likeness (QED) is 0.604. The SMILES string of the molecule is CC=C(F)C(=CC)S(C)(=O)=O. The van der Waals surface area contributed by atoms with Crippen molar-refractivity contribution in [2.75, 3.05) is 6.26 Å². The Balaban J connectivity index is 5.06. The summed E-state index contributed by atoms with van der Waals surface area (Å²) in [5.74, 6) is -0.699. The first-order chi connectivity index (χ1) is 4.93. The van der Waals surface area contributed by atoms with Crippen LogP contribution < -0.4 is 0 Å². The molecule has 0 amide bonds. The van der Waals surface area contributed by atoms with Crippen LogP contribution in [0.15, 0.2) is 22.9 Å². The van der Waals surface area contributed by atoms with E-state index in [1.165, 1.54) is 19.9 Å². The van der Waals surface area contributed by atoms with Gasteiger partial charge in [-0.05, 0) is 13.8 Å². The van der Waals surface area contributed by atoms with Crippen LogP contribution in [-0.4, -0.2) is 14.7 Å². The second-order valence-electron chi connectivity index (χ2n) is 2.06. The van der Waals surface area contributed by atoms with Gasteiger partial charge in [-0.25, -0.2) is 12.8 Å². The van der Waals surface area contributed by atoms with E-state index >= 15 is 0 Å². The molecule has 0 radical (unpaired) electrons. The van der Waals surface area contributed by atoms with Crippen molar-refractivity contribution in [1.82, 2.24) is 0 Å². The summed E-state index contributed by atoms with van der Waals surface area (Å²) in [7, 11) is -3.41. The third-order valence-electron chi connectivity index (χ3n) is 1.15. The van der Waals surface area contributed by atoms with Crippen LogP contribution in [-0.2, 0) is 9.84 Å². The molecule has 4 heteroatoms. The fourth-order valence-electron chi connectivity index (χ4n) is 0.671. The van der Waals surface area contributed by atoms with Crippen molar-refractivity contribution in [3.8, 4) is 0 Å². The van der Waals surface area contributed by atoms with E-state index < -0.39 is 15.7 Å². The maximum absolute atomic E-state index is 12.7. The zero-order valence-electron chi connectivity index (χ0n) is 6.76. The van der Waals surface area contributed by atoms with E-state index in [4.69, 9.17) is 0 Å². The Kier molecular flexibility index (Phi) is 3.45. The molecule has 0 heterocycles. The van der Waals surface area contributed by atoms with Gasteiger partial charge in [-0.3, -0.25) is 0 Å². The van der Waals surface area contributed by atoms with Crippen molar-refractivity contribution >= 4 is 9.84 Å². The minimum atomic E-state index is -3.41. The summed E-state index contributed by atoms with van der Waals surface area (Å²) < 4.78 is 34.3. The Bertz CT molecular complexity index is 286. The first-order valence-corrected chi connectivity index (χ1v) is 5.01. The molecule has 0 aliphatic rings. The molecule has 0 atom stereocenters. The topological polar surface area (TPSA) is 34.1 Å². The molecule has 0 aromatic rings. The third-order valence-corrected chi connectivity index (χ3v) is 2.38. The van der Waals surface area contributed by atoms with Gasteiger partial charge in [0.15, 0.2) is 9.84 Å². The molecule has 0 fully saturated rings. The lowest BCUT2D eigenvalue weighted by molar-refractivity contribution is 0.600. The van der Waals surface area contributed by atoms with Crippen LogP contribution in [0.5, 0.6) is 0 Å². The van der Waals surface area contributed by atoms with Crippen molar-refractivity contribution in [1.29, 1.82) is 0 Å². The number of allylic oxidation sites excluding steroid dienone is 3. The van der Waals surface area contributed by atoms with E-state index in [1.54, 1.807) is 0 Å². The summed E-state index contributed by atoms with van der Waals surface area (Å²) in [6.07, 6.45) is 3.34. The first kappa shape index (κ1) is 10.4. The lowest BCUT2D eigenvalue weighted by atomic mass is 10.4. The third kappa shape index (κ3) is 2.84. The number of halogens is 1. The van der Waals surface area contributed by atoms with Crippen molar-refractivity contribution < 1.29 is 12.8 Å². The zero-order valence-corrected chi connectivity index (χ0v) is 7.57. The molecular formula is C7H11FO2S. The Labute approximate surface area is 66.3 Å². The molecule has 0 aromatic heterocycles. The van der Waals surface area contributed by atoms with E-state index in [9.17, 15) is 12.8 Å². The largest absolute Gasteiger partial charge is 0.224 e. The molecular weight excluding hydrogens is 167 g/mol. The smallest absolute Gasteiger partial charge is 0.178 e. The fraction of sp³-hybridized carbons (Fsp3) is 0.429. The summed E-state index contributed by atoms with van der Waals surface area (Å²) in [6, 6.07) is 0. The first-order valence-electron chi connectivity index (χ1n) is 3.12. The lowest BCUT2D eigenvalue weighted by Crippen LogP contribution is -2.00. The highest BCUT2D eigenvalue weighted by molar-refractivity contribution is 7.94. The standard InChI is InChI=1S/C7H11FO2S/c1-4-6(8)7(5-2)11(3,9)10/h4-5H,1-3H3. The van der Waals surface area contributed by atoms with Crippen LogP contribution in [0.25, 0.3) is 0 Å². The van der Waals surface area contributed by atoms with Gasteiger partial charge < -0.3 is 0 Å². The summed E-state index contributed by atoms with van der Waals surface area (Å²) in [5, 5.41) is 0. The van der Waals surface area contributed by atoms with Gasteiger partial charge >= 0.3 is 0 Å². The van der Waals surface area contributed by atoms with Crippen LogP contribution in [0.4, 0.5) is 4.39 Å². The molecule has 2 nitrogen and oxygen atoms in total. The van der Waals surface area contributed by atoms with E-state index in [0.717, 1.165) is 12.3 Å². The predicted octanol–water partition coefficient (Wildman–Crippen LogP) is 1.81. The van der Waals surface area contributed by atoms with Gasteiger partial charge in [0.05, 0.1) is 4.91 Å². The van der Waals surface area contributed by atoms with Crippen LogP contribution >= 0.6 is 0 Å². The van der Waals surface area contributed by atoms with E-state index in [-0.39, 0.29) is 4.91 Å². The molecule has 0 aliphatic heterocycles.